The fraction of sp³-hybridized carbons (Fsp3) is 0.0625. The van der Waals surface area contributed by atoms with Crippen molar-refractivity contribution in [2.24, 2.45) is 0 Å². The summed E-state index contributed by atoms with van der Waals surface area (Å²) < 4.78 is 27.1. The van der Waals surface area contributed by atoms with Gasteiger partial charge in [0.25, 0.3) is 15.7 Å². The molecule has 0 fully saturated rings. The van der Waals surface area contributed by atoms with Crippen LogP contribution in [-0.2, 0) is 10.0 Å². The number of nitrogens with zero attached hydrogens (tertiary/aromatic N) is 2. The Bertz CT molecular complexity index is 1030. The molecule has 25 heavy (non-hydrogen) atoms. The molecule has 3 aromatic rings. The van der Waals surface area contributed by atoms with Gasteiger partial charge in [-0.3, -0.25) is 19.9 Å². The van der Waals surface area contributed by atoms with E-state index >= 15 is 0 Å². The number of nitro groups is 1. The Balaban J connectivity index is 1.84. The van der Waals surface area contributed by atoms with Gasteiger partial charge >= 0.3 is 0 Å². The molecular formula is C16H14N4O4S. The molecule has 0 aliphatic heterocycles. The zero-order valence-corrected chi connectivity index (χ0v) is 13.9. The quantitative estimate of drug-likeness (QED) is 0.537. The molecule has 0 spiro atoms. The van der Waals surface area contributed by atoms with Crippen molar-refractivity contribution in [3.63, 3.8) is 0 Å². The van der Waals surface area contributed by atoms with Crippen molar-refractivity contribution in [3.05, 3.63) is 70.3 Å². The van der Waals surface area contributed by atoms with Crippen molar-refractivity contribution in [2.45, 2.75) is 11.8 Å². The van der Waals surface area contributed by atoms with Crippen LogP contribution in [0.1, 0.15) is 5.56 Å². The molecule has 128 valence electrons. The smallest absolute Gasteiger partial charge is 0.269 e. The van der Waals surface area contributed by atoms with Gasteiger partial charge in [0.2, 0.25) is 0 Å². The molecule has 3 rings (SSSR count). The van der Waals surface area contributed by atoms with Crippen LogP contribution >= 0.6 is 0 Å². The number of aryl methyl sites for hydroxylation is 1. The number of anilines is 1. The number of aromatic amines is 1. The van der Waals surface area contributed by atoms with E-state index in [0.29, 0.717) is 5.69 Å². The molecule has 0 saturated carbocycles. The van der Waals surface area contributed by atoms with E-state index in [2.05, 4.69) is 14.9 Å². The van der Waals surface area contributed by atoms with E-state index in [1.807, 2.05) is 31.2 Å². The topological polar surface area (TPSA) is 118 Å². The lowest BCUT2D eigenvalue weighted by molar-refractivity contribution is -0.384. The summed E-state index contributed by atoms with van der Waals surface area (Å²) in [7, 11) is -3.89. The highest BCUT2D eigenvalue weighted by molar-refractivity contribution is 7.92. The molecular weight excluding hydrogens is 344 g/mol. The second kappa shape index (κ2) is 6.36. The fourth-order valence-corrected chi connectivity index (χ4v) is 3.32. The Morgan fingerprint density at radius 3 is 2.44 bits per heavy atom. The van der Waals surface area contributed by atoms with Crippen LogP contribution < -0.4 is 4.72 Å². The highest BCUT2D eigenvalue weighted by Gasteiger charge is 2.18. The summed E-state index contributed by atoms with van der Waals surface area (Å²) in [5.74, 6) is 0.136. The van der Waals surface area contributed by atoms with Gasteiger partial charge in [-0.25, -0.2) is 8.42 Å². The largest absolute Gasteiger partial charge is 0.276 e. The van der Waals surface area contributed by atoms with Gasteiger partial charge in [0, 0.05) is 23.8 Å². The third-order valence-electron chi connectivity index (χ3n) is 3.61. The maximum Gasteiger partial charge on any atom is 0.269 e. The molecule has 0 unspecified atom stereocenters. The predicted octanol–water partition coefficient (Wildman–Crippen LogP) is 3.09. The summed E-state index contributed by atoms with van der Waals surface area (Å²) in [6.07, 6.45) is 0. The number of hydrogen-bond acceptors (Lipinski definition) is 5. The first-order chi connectivity index (χ1) is 11.9. The van der Waals surface area contributed by atoms with E-state index in [9.17, 15) is 18.5 Å². The summed E-state index contributed by atoms with van der Waals surface area (Å²) in [5, 5.41) is 17.4. The Kier molecular flexibility index (Phi) is 4.24. The van der Waals surface area contributed by atoms with Gasteiger partial charge in [-0.1, -0.05) is 24.3 Å². The predicted molar refractivity (Wildman–Crippen MR) is 92.7 cm³/mol. The minimum Gasteiger partial charge on any atom is -0.276 e. The normalized spacial score (nSPS) is 11.2. The van der Waals surface area contributed by atoms with Gasteiger partial charge in [-0.2, -0.15) is 5.10 Å². The summed E-state index contributed by atoms with van der Waals surface area (Å²) in [6.45, 7) is 1.94. The SMILES string of the molecule is Cc1ccccc1-c1cc(NS(=O)(=O)c2ccc([N+](=O)[O-])cc2)n[nH]1. The highest BCUT2D eigenvalue weighted by atomic mass is 32.2. The average Bonchev–Trinajstić information content (AvgIpc) is 3.03. The average molecular weight is 358 g/mol. The molecule has 0 aliphatic rings. The van der Waals surface area contributed by atoms with Gasteiger partial charge in [-0.05, 0) is 24.6 Å². The summed E-state index contributed by atoms with van der Waals surface area (Å²) in [6, 6.07) is 13.8. The van der Waals surface area contributed by atoms with Crippen LogP contribution in [0.4, 0.5) is 11.5 Å². The van der Waals surface area contributed by atoms with Crippen molar-refractivity contribution in [3.8, 4) is 11.3 Å². The molecule has 0 atom stereocenters. The van der Waals surface area contributed by atoms with Gasteiger partial charge in [0.05, 0.1) is 15.5 Å². The molecule has 0 radical (unpaired) electrons. The molecule has 2 N–H and O–H groups in total. The minimum absolute atomic E-state index is 0.0847. The van der Waals surface area contributed by atoms with Crippen molar-refractivity contribution < 1.29 is 13.3 Å². The monoisotopic (exact) mass is 358 g/mol. The number of nitro benzene ring substituents is 1. The zero-order chi connectivity index (χ0) is 18.0. The molecule has 1 aromatic heterocycles. The lowest BCUT2D eigenvalue weighted by Gasteiger charge is -2.04. The highest BCUT2D eigenvalue weighted by Crippen LogP contribution is 2.24. The van der Waals surface area contributed by atoms with Gasteiger partial charge < -0.3 is 0 Å². The molecule has 9 heteroatoms. The van der Waals surface area contributed by atoms with E-state index in [-0.39, 0.29) is 16.4 Å². The number of hydrogen-bond donors (Lipinski definition) is 2. The number of non-ortho nitro benzene ring substituents is 1. The molecule has 1 heterocycles. The Labute approximate surface area is 143 Å². The first-order valence-electron chi connectivity index (χ1n) is 7.25. The van der Waals surface area contributed by atoms with Crippen molar-refractivity contribution >= 4 is 21.5 Å². The fourth-order valence-electron chi connectivity index (χ4n) is 2.33. The van der Waals surface area contributed by atoms with Crippen LogP contribution in [0.25, 0.3) is 11.3 Å². The third kappa shape index (κ3) is 3.50. The number of benzene rings is 2. The lowest BCUT2D eigenvalue weighted by atomic mass is 10.1. The minimum atomic E-state index is -3.89. The van der Waals surface area contributed by atoms with E-state index in [1.165, 1.54) is 12.1 Å². The van der Waals surface area contributed by atoms with E-state index in [0.717, 1.165) is 23.3 Å². The number of nitrogens with one attached hydrogen (secondary N) is 2. The second-order valence-electron chi connectivity index (χ2n) is 5.34. The van der Waals surface area contributed by atoms with Gasteiger partial charge in [0.1, 0.15) is 0 Å². The van der Waals surface area contributed by atoms with Crippen molar-refractivity contribution in [1.29, 1.82) is 0 Å². The van der Waals surface area contributed by atoms with E-state index in [1.54, 1.807) is 6.07 Å². The summed E-state index contributed by atoms with van der Waals surface area (Å²) in [5.41, 5.74) is 2.44. The van der Waals surface area contributed by atoms with Crippen LogP contribution in [-0.4, -0.2) is 23.5 Å². The first-order valence-corrected chi connectivity index (χ1v) is 8.74. The molecule has 0 amide bonds. The molecule has 0 bridgehead atoms. The first kappa shape index (κ1) is 16.7. The van der Waals surface area contributed by atoms with E-state index < -0.39 is 14.9 Å². The Morgan fingerprint density at radius 2 is 1.80 bits per heavy atom. The van der Waals surface area contributed by atoms with Crippen molar-refractivity contribution in [2.75, 3.05) is 4.72 Å². The van der Waals surface area contributed by atoms with Crippen LogP contribution in [0.3, 0.4) is 0 Å². The maximum atomic E-state index is 12.4. The Hall–Kier alpha value is -3.20. The van der Waals surface area contributed by atoms with Crippen LogP contribution in [0.15, 0.2) is 59.5 Å². The van der Waals surface area contributed by atoms with Gasteiger partial charge in [-0.15, -0.1) is 0 Å². The summed E-state index contributed by atoms with van der Waals surface area (Å²) >= 11 is 0. The Morgan fingerprint density at radius 1 is 1.12 bits per heavy atom. The third-order valence-corrected chi connectivity index (χ3v) is 4.98. The molecule has 2 aromatic carbocycles. The standard InChI is InChI=1S/C16H14N4O4S/c1-11-4-2-3-5-14(11)15-10-16(18-17-15)19-25(23,24)13-8-6-12(7-9-13)20(21)22/h2-10H,1H3,(H2,17,18,19). The van der Waals surface area contributed by atoms with Crippen LogP contribution in [0, 0.1) is 17.0 Å². The number of rotatable bonds is 5. The zero-order valence-electron chi connectivity index (χ0n) is 13.1. The van der Waals surface area contributed by atoms with Crippen LogP contribution in [0.5, 0.6) is 0 Å². The number of aromatic nitrogens is 2. The number of sulfonamides is 1. The van der Waals surface area contributed by atoms with Crippen molar-refractivity contribution in [1.82, 2.24) is 10.2 Å². The van der Waals surface area contributed by atoms with E-state index in [4.69, 9.17) is 0 Å². The molecule has 0 aliphatic carbocycles. The number of H-pyrrole nitrogens is 1. The van der Waals surface area contributed by atoms with Crippen LogP contribution in [0.2, 0.25) is 0 Å². The second-order valence-corrected chi connectivity index (χ2v) is 7.02. The van der Waals surface area contributed by atoms with Gasteiger partial charge in [0.15, 0.2) is 5.82 Å². The maximum absolute atomic E-state index is 12.4. The summed E-state index contributed by atoms with van der Waals surface area (Å²) in [4.78, 5) is 9.97. The molecule has 8 nitrogen and oxygen atoms in total. The lowest BCUT2D eigenvalue weighted by Crippen LogP contribution is -2.13. The molecule has 0 saturated heterocycles.